The van der Waals surface area contributed by atoms with Crippen LogP contribution in [0.2, 0.25) is 0 Å². The lowest BCUT2D eigenvalue weighted by Crippen LogP contribution is -2.33. The van der Waals surface area contributed by atoms with E-state index in [1.54, 1.807) is 0 Å². The van der Waals surface area contributed by atoms with Crippen molar-refractivity contribution < 1.29 is 14.5 Å². The molecule has 1 saturated heterocycles. The van der Waals surface area contributed by atoms with Crippen LogP contribution in [0.3, 0.4) is 0 Å². The highest BCUT2D eigenvalue weighted by Gasteiger charge is 2.62. The van der Waals surface area contributed by atoms with Gasteiger partial charge in [0.05, 0.1) is 22.4 Å². The highest BCUT2D eigenvalue weighted by Crippen LogP contribution is 2.57. The minimum atomic E-state index is -0.512. The Kier molecular flexibility index (Phi) is 3.47. The lowest BCUT2D eigenvalue weighted by Gasteiger charge is -2.20. The standard InChI is InChI=1S/C18H15BrN2O4/c1-8(2)14-10-4-5-11(14)16-15(10)17(22)20(18(16)23)13-6-3-9(21(24)25)7-12(13)19/h3-7,10-11,15-16H,1-2H3. The molecule has 1 saturated carbocycles. The molecule has 6 nitrogen and oxygen atoms in total. The number of halogens is 1. The summed E-state index contributed by atoms with van der Waals surface area (Å²) in [6.45, 7) is 4.03. The van der Waals surface area contributed by atoms with Gasteiger partial charge < -0.3 is 0 Å². The van der Waals surface area contributed by atoms with Crippen LogP contribution in [-0.4, -0.2) is 16.7 Å². The number of non-ortho nitro benzene ring substituents is 1. The fourth-order valence-corrected chi connectivity index (χ4v) is 5.00. The Balaban J connectivity index is 1.75. The maximum absolute atomic E-state index is 13.0. The normalized spacial score (nSPS) is 29.6. The van der Waals surface area contributed by atoms with Crippen molar-refractivity contribution in [2.75, 3.05) is 4.90 Å². The number of hydrogen-bond donors (Lipinski definition) is 0. The van der Waals surface area contributed by atoms with Gasteiger partial charge in [0.25, 0.3) is 5.69 Å². The van der Waals surface area contributed by atoms with Gasteiger partial charge in [-0.15, -0.1) is 0 Å². The molecular weight excluding hydrogens is 388 g/mol. The van der Waals surface area contributed by atoms with Gasteiger partial charge in [0, 0.05) is 28.4 Å². The smallest absolute Gasteiger partial charge is 0.270 e. The van der Waals surface area contributed by atoms with Crippen LogP contribution in [0.4, 0.5) is 11.4 Å². The number of nitro benzene ring substituents is 1. The van der Waals surface area contributed by atoms with Crippen molar-refractivity contribution in [3.05, 3.63) is 56.1 Å². The predicted octanol–water partition coefficient (Wildman–Crippen LogP) is 3.62. The molecule has 1 aliphatic heterocycles. The summed E-state index contributed by atoms with van der Waals surface area (Å²) in [5.41, 5.74) is 2.63. The third-order valence-electron chi connectivity index (χ3n) is 5.38. The Bertz CT molecular complexity index is 866. The zero-order valence-corrected chi connectivity index (χ0v) is 15.2. The van der Waals surface area contributed by atoms with Crippen LogP contribution in [0.25, 0.3) is 0 Å². The van der Waals surface area contributed by atoms with E-state index in [0.29, 0.717) is 10.2 Å². The van der Waals surface area contributed by atoms with Crippen molar-refractivity contribution in [3.63, 3.8) is 0 Å². The van der Waals surface area contributed by atoms with E-state index in [-0.39, 0.29) is 41.2 Å². The Hall–Kier alpha value is -2.28. The van der Waals surface area contributed by atoms with E-state index in [9.17, 15) is 19.7 Å². The summed E-state index contributed by atoms with van der Waals surface area (Å²) >= 11 is 3.27. The minimum absolute atomic E-state index is 0.0155. The highest BCUT2D eigenvalue weighted by atomic mass is 79.9. The van der Waals surface area contributed by atoms with Crippen LogP contribution in [0.1, 0.15) is 13.8 Å². The zero-order chi connectivity index (χ0) is 18.0. The van der Waals surface area contributed by atoms with E-state index in [1.165, 1.54) is 28.7 Å². The van der Waals surface area contributed by atoms with Crippen molar-refractivity contribution in [2.45, 2.75) is 13.8 Å². The van der Waals surface area contributed by atoms with Gasteiger partial charge in [-0.1, -0.05) is 23.3 Å². The maximum atomic E-state index is 13.0. The van der Waals surface area contributed by atoms with Gasteiger partial charge in [-0.3, -0.25) is 19.7 Å². The molecular formula is C18H15BrN2O4. The second-order valence-corrected chi connectivity index (χ2v) is 7.70. The Morgan fingerprint density at radius 3 is 2.12 bits per heavy atom. The van der Waals surface area contributed by atoms with Gasteiger partial charge in [0.2, 0.25) is 11.8 Å². The predicted molar refractivity (Wildman–Crippen MR) is 94.8 cm³/mol. The molecule has 4 rings (SSSR count). The number of allylic oxidation sites excluding steroid dienone is 4. The van der Waals surface area contributed by atoms with Crippen molar-refractivity contribution in [2.24, 2.45) is 23.7 Å². The summed E-state index contributed by atoms with van der Waals surface area (Å²) in [6, 6.07) is 4.08. The quantitative estimate of drug-likeness (QED) is 0.327. The Labute approximate surface area is 152 Å². The van der Waals surface area contributed by atoms with Gasteiger partial charge >= 0.3 is 0 Å². The molecule has 0 radical (unpaired) electrons. The summed E-state index contributed by atoms with van der Waals surface area (Å²) in [5.74, 6) is -1.21. The molecule has 2 aliphatic carbocycles. The van der Waals surface area contributed by atoms with Gasteiger partial charge in [-0.05, 0) is 35.8 Å². The minimum Gasteiger partial charge on any atom is -0.274 e. The molecule has 4 unspecified atom stereocenters. The van der Waals surface area contributed by atoms with E-state index >= 15 is 0 Å². The van der Waals surface area contributed by atoms with Crippen LogP contribution in [0, 0.1) is 33.8 Å². The first kappa shape index (κ1) is 16.2. The van der Waals surface area contributed by atoms with E-state index in [1.807, 2.05) is 26.0 Å². The number of imide groups is 1. The average Bonchev–Trinajstić information content (AvgIpc) is 3.18. The lowest BCUT2D eigenvalue weighted by atomic mass is 9.85. The van der Waals surface area contributed by atoms with Crippen molar-refractivity contribution in [1.29, 1.82) is 0 Å². The van der Waals surface area contributed by atoms with Crippen LogP contribution in [0.5, 0.6) is 0 Å². The van der Waals surface area contributed by atoms with E-state index in [2.05, 4.69) is 15.9 Å². The van der Waals surface area contributed by atoms with Gasteiger partial charge in [0.15, 0.2) is 0 Å². The number of fused-ring (bicyclic) bond motifs is 5. The van der Waals surface area contributed by atoms with Crippen molar-refractivity contribution in [3.8, 4) is 0 Å². The molecule has 1 aromatic carbocycles. The summed E-state index contributed by atoms with van der Waals surface area (Å²) < 4.78 is 0.367. The topological polar surface area (TPSA) is 80.5 Å². The average molecular weight is 403 g/mol. The first-order valence-electron chi connectivity index (χ1n) is 8.00. The van der Waals surface area contributed by atoms with E-state index in [0.717, 1.165) is 5.57 Å². The summed E-state index contributed by atoms with van der Waals surface area (Å²) in [6.07, 6.45) is 4.07. The van der Waals surface area contributed by atoms with Crippen LogP contribution >= 0.6 is 15.9 Å². The summed E-state index contributed by atoms with van der Waals surface area (Å²) in [4.78, 5) is 37.6. The molecule has 128 valence electrons. The number of nitro groups is 1. The fraction of sp³-hybridized carbons (Fsp3) is 0.333. The van der Waals surface area contributed by atoms with Crippen molar-refractivity contribution >= 4 is 39.1 Å². The van der Waals surface area contributed by atoms with Crippen molar-refractivity contribution in [1.82, 2.24) is 0 Å². The Morgan fingerprint density at radius 1 is 1.12 bits per heavy atom. The number of rotatable bonds is 2. The number of carbonyl (C=O) groups is 2. The van der Waals surface area contributed by atoms with Gasteiger partial charge in [-0.25, -0.2) is 4.90 Å². The Morgan fingerprint density at radius 2 is 1.68 bits per heavy atom. The third-order valence-corrected chi connectivity index (χ3v) is 6.01. The zero-order valence-electron chi connectivity index (χ0n) is 13.6. The number of anilines is 1. The number of benzene rings is 1. The van der Waals surface area contributed by atoms with Crippen LogP contribution < -0.4 is 4.90 Å². The van der Waals surface area contributed by atoms with Gasteiger partial charge in [0.1, 0.15) is 0 Å². The molecule has 1 heterocycles. The van der Waals surface area contributed by atoms with E-state index in [4.69, 9.17) is 0 Å². The molecule has 3 aliphatic rings. The third kappa shape index (κ3) is 2.08. The molecule has 2 amide bonds. The molecule has 25 heavy (non-hydrogen) atoms. The first-order chi connectivity index (χ1) is 11.8. The highest BCUT2D eigenvalue weighted by molar-refractivity contribution is 9.10. The fourth-order valence-electron chi connectivity index (χ4n) is 4.46. The largest absolute Gasteiger partial charge is 0.274 e. The molecule has 4 atom stereocenters. The number of amides is 2. The number of hydrogen-bond acceptors (Lipinski definition) is 4. The number of nitrogens with zero attached hydrogens (tertiary/aromatic N) is 2. The molecule has 0 spiro atoms. The van der Waals surface area contributed by atoms with E-state index < -0.39 is 4.92 Å². The second-order valence-electron chi connectivity index (χ2n) is 6.85. The maximum Gasteiger partial charge on any atom is 0.270 e. The molecule has 2 fully saturated rings. The summed E-state index contributed by atoms with van der Waals surface area (Å²) in [5, 5.41) is 10.9. The van der Waals surface area contributed by atoms with Crippen LogP contribution in [0.15, 0.2) is 46.0 Å². The molecule has 7 heteroatoms. The molecule has 0 N–H and O–H groups in total. The SMILES string of the molecule is CC(C)=C1C2C=CC1C1C(=O)N(c3ccc([N+](=O)[O-])cc3Br)C(=O)C21. The lowest BCUT2D eigenvalue weighted by molar-refractivity contribution is -0.384. The summed E-state index contributed by atoms with van der Waals surface area (Å²) in [7, 11) is 0. The monoisotopic (exact) mass is 402 g/mol. The molecule has 2 bridgehead atoms. The van der Waals surface area contributed by atoms with Crippen LogP contribution in [-0.2, 0) is 9.59 Å². The first-order valence-corrected chi connectivity index (χ1v) is 8.79. The molecule has 1 aromatic rings. The van der Waals surface area contributed by atoms with Gasteiger partial charge in [-0.2, -0.15) is 0 Å². The number of carbonyl (C=O) groups excluding carboxylic acids is 2. The molecule has 0 aromatic heterocycles. The second kappa shape index (κ2) is 5.36.